The van der Waals surface area contributed by atoms with Gasteiger partial charge < -0.3 is 14.4 Å². The van der Waals surface area contributed by atoms with Crippen LogP contribution in [0.4, 0.5) is 0 Å². The maximum Gasteiger partial charge on any atom is 0.240 e. The van der Waals surface area contributed by atoms with Crippen LogP contribution < -0.4 is 5.32 Å². The summed E-state index contributed by atoms with van der Waals surface area (Å²) in [5.41, 5.74) is 4.10. The number of carbonyl (C=O) groups excluding carboxylic acids is 1. The second-order valence-corrected chi connectivity index (χ2v) is 10.2. The molecule has 5 nitrogen and oxygen atoms in total. The topological polar surface area (TPSA) is 40.5 Å². The van der Waals surface area contributed by atoms with Gasteiger partial charge in [0.1, 0.15) is 0 Å². The lowest BCUT2D eigenvalue weighted by molar-refractivity contribution is -0.135. The summed E-state index contributed by atoms with van der Waals surface area (Å²) in [5, 5.41) is 5.21. The molecule has 1 aromatic carbocycles. The van der Waals surface area contributed by atoms with Crippen LogP contribution >= 0.6 is 0 Å². The largest absolute Gasteiger partial charge is 0.347 e. The molecule has 2 atom stereocenters. The lowest BCUT2D eigenvalue weighted by atomic mass is 9.94. The molecule has 5 heteroatoms. The van der Waals surface area contributed by atoms with Crippen molar-refractivity contribution in [1.29, 1.82) is 0 Å². The van der Waals surface area contributed by atoms with Crippen molar-refractivity contribution in [3.63, 3.8) is 0 Å². The smallest absolute Gasteiger partial charge is 0.240 e. The fourth-order valence-electron chi connectivity index (χ4n) is 5.33. The number of likely N-dealkylation sites (N-methyl/N-ethyl adjacent to an activating group) is 1. The van der Waals surface area contributed by atoms with Crippen LogP contribution in [0, 0.1) is 11.8 Å². The lowest BCUT2D eigenvalue weighted by Crippen LogP contribution is -2.54. The van der Waals surface area contributed by atoms with Crippen LogP contribution in [-0.2, 0) is 17.8 Å². The van der Waals surface area contributed by atoms with E-state index in [1.54, 1.807) is 0 Å². The van der Waals surface area contributed by atoms with Crippen molar-refractivity contribution in [2.24, 2.45) is 11.8 Å². The van der Waals surface area contributed by atoms with Gasteiger partial charge in [0.25, 0.3) is 0 Å². The number of nitrogens with zero attached hydrogens (tertiary/aromatic N) is 3. The fraction of sp³-hybridized carbons (Fsp3) is 0.640. The molecule has 2 fully saturated rings. The first kappa shape index (κ1) is 20.1. The second kappa shape index (κ2) is 8.01. The molecule has 0 spiro atoms. The van der Waals surface area contributed by atoms with Crippen LogP contribution in [0.25, 0.3) is 10.9 Å². The van der Waals surface area contributed by atoms with E-state index in [-0.39, 0.29) is 18.0 Å². The second-order valence-electron chi connectivity index (χ2n) is 10.2. The van der Waals surface area contributed by atoms with Crippen molar-refractivity contribution in [3.05, 3.63) is 35.5 Å². The summed E-state index contributed by atoms with van der Waals surface area (Å²) in [4.78, 5) is 17.9. The van der Waals surface area contributed by atoms with E-state index in [1.165, 1.54) is 34.9 Å². The summed E-state index contributed by atoms with van der Waals surface area (Å²) in [5.74, 6) is 1.70. The molecule has 2 aromatic rings. The van der Waals surface area contributed by atoms with E-state index in [4.69, 9.17) is 0 Å². The number of nitrogens with one attached hydrogen (secondary N) is 1. The van der Waals surface area contributed by atoms with Gasteiger partial charge in [-0.25, -0.2) is 0 Å². The normalized spacial score (nSPS) is 25.1. The Balaban J connectivity index is 1.50. The van der Waals surface area contributed by atoms with Crippen molar-refractivity contribution in [2.75, 3.05) is 33.2 Å². The number of amides is 1. The average Bonchev–Trinajstić information content (AvgIpc) is 3.49. The van der Waals surface area contributed by atoms with Gasteiger partial charge in [-0.1, -0.05) is 26.0 Å². The molecule has 1 saturated carbocycles. The minimum atomic E-state index is -0.135. The van der Waals surface area contributed by atoms with Gasteiger partial charge in [0.2, 0.25) is 5.91 Å². The lowest BCUT2D eigenvalue weighted by Gasteiger charge is -2.35. The highest BCUT2D eigenvalue weighted by atomic mass is 16.2. The molecule has 3 heterocycles. The Kier molecular flexibility index (Phi) is 5.36. The van der Waals surface area contributed by atoms with E-state index in [0.29, 0.717) is 5.92 Å². The first-order valence-electron chi connectivity index (χ1n) is 11.8. The molecule has 5 rings (SSSR count). The third kappa shape index (κ3) is 3.90. The molecular formula is C25H36N4O. The van der Waals surface area contributed by atoms with Crippen molar-refractivity contribution in [2.45, 2.75) is 58.2 Å². The molecule has 162 valence electrons. The van der Waals surface area contributed by atoms with Crippen LogP contribution in [0.3, 0.4) is 0 Å². The standard InChI is InChI=1S/C25H36N4O/c1-17(2)13-21-20-5-4-6-23-24(20)19(16-29(23)15-18-7-8-18)14-22(26-21)25(30)28-11-9-27(3)10-12-28/h4-6,16-18,21-22,26H,7-15H2,1-3H3/t21-,22-/m0/s1. The van der Waals surface area contributed by atoms with E-state index in [2.05, 4.69) is 65.0 Å². The van der Waals surface area contributed by atoms with Crippen molar-refractivity contribution in [3.8, 4) is 0 Å². The SMILES string of the molecule is CC(C)C[C@@H]1N[C@H](C(=O)N2CCN(C)CC2)Cc2cn(CC3CC3)c3cccc1c23. The third-order valence-electron chi connectivity index (χ3n) is 7.19. The first-order valence-corrected chi connectivity index (χ1v) is 11.8. The fourth-order valence-corrected chi connectivity index (χ4v) is 5.33. The van der Waals surface area contributed by atoms with Crippen LogP contribution in [0.5, 0.6) is 0 Å². The molecule has 1 amide bonds. The number of benzene rings is 1. The van der Waals surface area contributed by atoms with Gasteiger partial charge in [-0.05, 0) is 61.8 Å². The molecule has 30 heavy (non-hydrogen) atoms. The highest BCUT2D eigenvalue weighted by molar-refractivity contribution is 5.90. The Morgan fingerprint density at radius 2 is 1.93 bits per heavy atom. The number of hydrogen-bond donors (Lipinski definition) is 1. The maximum atomic E-state index is 13.5. The van der Waals surface area contributed by atoms with Gasteiger partial charge in [0.05, 0.1) is 6.04 Å². The van der Waals surface area contributed by atoms with Gasteiger partial charge in [-0.2, -0.15) is 0 Å². The van der Waals surface area contributed by atoms with Crippen LogP contribution in [0.2, 0.25) is 0 Å². The highest BCUT2D eigenvalue weighted by Gasteiger charge is 2.34. The quantitative estimate of drug-likeness (QED) is 0.824. The van der Waals surface area contributed by atoms with E-state index < -0.39 is 0 Å². The molecule has 0 unspecified atom stereocenters. The molecule has 1 aromatic heterocycles. The minimum Gasteiger partial charge on any atom is -0.347 e. The molecule has 1 N–H and O–H groups in total. The van der Waals surface area contributed by atoms with Gasteiger partial charge in [0.15, 0.2) is 0 Å². The van der Waals surface area contributed by atoms with E-state index >= 15 is 0 Å². The molecule has 1 saturated heterocycles. The van der Waals surface area contributed by atoms with Crippen LogP contribution in [-0.4, -0.2) is 59.5 Å². The Labute approximate surface area is 180 Å². The summed E-state index contributed by atoms with van der Waals surface area (Å²) in [6, 6.07) is 6.87. The van der Waals surface area contributed by atoms with Gasteiger partial charge >= 0.3 is 0 Å². The van der Waals surface area contributed by atoms with Crippen molar-refractivity contribution < 1.29 is 4.79 Å². The van der Waals surface area contributed by atoms with Gasteiger partial charge in [0, 0.05) is 55.9 Å². The van der Waals surface area contributed by atoms with E-state index in [9.17, 15) is 4.79 Å². The summed E-state index contributed by atoms with van der Waals surface area (Å²) in [6.07, 6.45) is 6.92. The number of aromatic nitrogens is 1. The van der Waals surface area contributed by atoms with E-state index in [0.717, 1.165) is 51.5 Å². The Morgan fingerprint density at radius 1 is 1.17 bits per heavy atom. The molecule has 2 aliphatic heterocycles. The molecule has 0 bridgehead atoms. The molecule has 1 aliphatic carbocycles. The van der Waals surface area contributed by atoms with Crippen LogP contribution in [0.1, 0.15) is 50.3 Å². The van der Waals surface area contributed by atoms with Crippen LogP contribution in [0.15, 0.2) is 24.4 Å². The Morgan fingerprint density at radius 3 is 2.63 bits per heavy atom. The Hall–Kier alpha value is -1.85. The number of piperazine rings is 1. The summed E-state index contributed by atoms with van der Waals surface area (Å²) in [6.45, 7) is 9.30. The van der Waals surface area contributed by atoms with Gasteiger partial charge in [-0.15, -0.1) is 0 Å². The van der Waals surface area contributed by atoms with Gasteiger partial charge in [-0.3, -0.25) is 10.1 Å². The first-order chi connectivity index (χ1) is 14.5. The zero-order valence-corrected chi connectivity index (χ0v) is 18.7. The number of rotatable bonds is 5. The summed E-state index contributed by atoms with van der Waals surface area (Å²) in [7, 11) is 2.14. The maximum absolute atomic E-state index is 13.5. The molecule has 3 aliphatic rings. The van der Waals surface area contributed by atoms with Crippen molar-refractivity contribution in [1.82, 2.24) is 19.7 Å². The zero-order valence-electron chi connectivity index (χ0n) is 18.7. The van der Waals surface area contributed by atoms with E-state index in [1.807, 2.05) is 0 Å². The monoisotopic (exact) mass is 408 g/mol. The molecule has 0 radical (unpaired) electrons. The Bertz CT molecular complexity index is 921. The predicted molar refractivity (Wildman–Crippen MR) is 122 cm³/mol. The third-order valence-corrected chi connectivity index (χ3v) is 7.19. The minimum absolute atomic E-state index is 0.135. The van der Waals surface area contributed by atoms with Crippen molar-refractivity contribution >= 4 is 16.8 Å². The predicted octanol–water partition coefficient (Wildman–Crippen LogP) is 3.43. The number of carbonyl (C=O) groups is 1. The zero-order chi connectivity index (χ0) is 20.8. The number of hydrogen-bond acceptors (Lipinski definition) is 3. The highest BCUT2D eigenvalue weighted by Crippen LogP contribution is 2.38. The summed E-state index contributed by atoms with van der Waals surface area (Å²) >= 11 is 0. The molecular weight excluding hydrogens is 372 g/mol. The summed E-state index contributed by atoms with van der Waals surface area (Å²) < 4.78 is 2.47. The average molecular weight is 409 g/mol.